The lowest BCUT2D eigenvalue weighted by atomic mass is 10.1. The van der Waals surface area contributed by atoms with Crippen LogP contribution in [0.5, 0.6) is 0 Å². The molecule has 0 saturated carbocycles. The van der Waals surface area contributed by atoms with Gasteiger partial charge in [-0.15, -0.1) is 0 Å². The average Bonchev–Trinajstić information content (AvgIpc) is 3.05. The van der Waals surface area contributed by atoms with E-state index in [-0.39, 0.29) is 5.91 Å². The van der Waals surface area contributed by atoms with Gasteiger partial charge in [-0.25, -0.2) is 4.98 Å². The van der Waals surface area contributed by atoms with E-state index in [0.29, 0.717) is 5.56 Å². The van der Waals surface area contributed by atoms with Gasteiger partial charge in [0.25, 0.3) is 5.91 Å². The first-order valence-electron chi connectivity index (χ1n) is 8.71. The number of benzene rings is 2. The first kappa shape index (κ1) is 17.0. The fourth-order valence-corrected chi connectivity index (χ4v) is 4.25. The summed E-state index contributed by atoms with van der Waals surface area (Å²) in [5, 5.41) is 3.99. The van der Waals surface area contributed by atoms with Crippen molar-refractivity contribution in [2.75, 3.05) is 36.5 Å². The molecule has 1 aliphatic rings. The number of carbonyl (C=O) groups is 1. The second-order valence-corrected chi connectivity index (χ2v) is 7.62. The Balaban J connectivity index is 1.57. The number of morpholine rings is 1. The molecule has 2 aromatic carbocycles. The second-order valence-electron chi connectivity index (χ2n) is 6.61. The van der Waals surface area contributed by atoms with Gasteiger partial charge in [0.05, 0.1) is 23.4 Å². The Morgan fingerprint density at radius 3 is 2.58 bits per heavy atom. The smallest absolute Gasteiger partial charge is 0.255 e. The van der Waals surface area contributed by atoms with Crippen molar-refractivity contribution in [3.63, 3.8) is 0 Å². The van der Waals surface area contributed by atoms with E-state index < -0.39 is 0 Å². The number of carbonyl (C=O) groups excluding carboxylic acids is 1. The van der Waals surface area contributed by atoms with E-state index in [1.807, 2.05) is 44.2 Å². The van der Waals surface area contributed by atoms with Crippen molar-refractivity contribution in [2.45, 2.75) is 13.8 Å². The van der Waals surface area contributed by atoms with Crippen LogP contribution in [-0.2, 0) is 4.74 Å². The molecule has 0 bridgehead atoms. The Labute approximate surface area is 156 Å². The van der Waals surface area contributed by atoms with Crippen molar-refractivity contribution in [1.29, 1.82) is 0 Å². The number of anilines is 2. The minimum Gasteiger partial charge on any atom is -0.378 e. The van der Waals surface area contributed by atoms with Crippen molar-refractivity contribution in [2.24, 2.45) is 0 Å². The topological polar surface area (TPSA) is 54.5 Å². The Kier molecular flexibility index (Phi) is 4.61. The predicted octanol–water partition coefficient (Wildman–Crippen LogP) is 4.00. The average molecular weight is 367 g/mol. The molecule has 0 spiro atoms. The fourth-order valence-electron chi connectivity index (χ4n) is 3.19. The summed E-state index contributed by atoms with van der Waals surface area (Å²) in [6.45, 7) is 7.25. The number of fused-ring (bicyclic) bond motifs is 1. The van der Waals surface area contributed by atoms with Gasteiger partial charge in [-0.2, -0.15) is 0 Å². The summed E-state index contributed by atoms with van der Waals surface area (Å²) in [4.78, 5) is 19.6. The highest BCUT2D eigenvalue weighted by molar-refractivity contribution is 7.22. The van der Waals surface area contributed by atoms with Crippen LogP contribution in [0.25, 0.3) is 10.2 Å². The molecule has 0 radical (unpaired) electrons. The number of thiazole rings is 1. The first-order valence-corrected chi connectivity index (χ1v) is 9.53. The van der Waals surface area contributed by atoms with Crippen molar-refractivity contribution in [1.82, 2.24) is 4.98 Å². The van der Waals surface area contributed by atoms with Crippen LogP contribution in [0.1, 0.15) is 21.5 Å². The lowest BCUT2D eigenvalue weighted by Crippen LogP contribution is -2.36. The van der Waals surface area contributed by atoms with Crippen LogP contribution in [0.15, 0.2) is 36.4 Å². The molecule has 0 aliphatic carbocycles. The molecule has 1 saturated heterocycles. The van der Waals surface area contributed by atoms with Gasteiger partial charge in [-0.05, 0) is 55.3 Å². The highest BCUT2D eigenvalue weighted by Gasteiger charge is 2.16. The zero-order valence-corrected chi connectivity index (χ0v) is 15.7. The van der Waals surface area contributed by atoms with E-state index in [2.05, 4.69) is 16.3 Å². The molecule has 1 aliphatic heterocycles. The van der Waals surface area contributed by atoms with E-state index in [1.54, 1.807) is 11.3 Å². The minimum atomic E-state index is -0.0989. The Morgan fingerprint density at radius 1 is 1.12 bits per heavy atom. The molecule has 3 aromatic rings. The maximum atomic E-state index is 12.6. The SMILES string of the molecule is Cc1cc(C)cc(NC(=O)c2ccc3nc(N4CCOCC4)sc3c2)c1. The van der Waals surface area contributed by atoms with Gasteiger partial charge in [0.15, 0.2) is 5.13 Å². The third-order valence-electron chi connectivity index (χ3n) is 4.40. The number of nitrogens with zero attached hydrogens (tertiary/aromatic N) is 2. The van der Waals surface area contributed by atoms with Crippen molar-refractivity contribution >= 4 is 38.3 Å². The lowest BCUT2D eigenvalue weighted by molar-refractivity contribution is 0.102. The lowest BCUT2D eigenvalue weighted by Gasteiger charge is -2.25. The summed E-state index contributed by atoms with van der Waals surface area (Å²) in [5.41, 5.74) is 4.67. The number of aryl methyl sites for hydroxylation is 2. The van der Waals surface area contributed by atoms with E-state index in [9.17, 15) is 4.79 Å². The van der Waals surface area contributed by atoms with Crippen molar-refractivity contribution in [3.8, 4) is 0 Å². The Hall–Kier alpha value is -2.44. The number of rotatable bonds is 3. The van der Waals surface area contributed by atoms with Crippen molar-refractivity contribution < 1.29 is 9.53 Å². The third-order valence-corrected chi connectivity index (χ3v) is 5.48. The van der Waals surface area contributed by atoms with Gasteiger partial charge in [-0.1, -0.05) is 17.4 Å². The summed E-state index contributed by atoms with van der Waals surface area (Å²) in [6, 6.07) is 11.7. The van der Waals surface area contributed by atoms with Crippen LogP contribution in [0, 0.1) is 13.8 Å². The molecular formula is C20H21N3O2S. The number of hydrogen-bond donors (Lipinski definition) is 1. The standard InChI is InChI=1S/C20H21N3O2S/c1-13-9-14(2)11-16(10-13)21-19(24)15-3-4-17-18(12-15)26-20(22-17)23-5-7-25-8-6-23/h3-4,9-12H,5-8H2,1-2H3,(H,21,24). The molecular weight excluding hydrogens is 346 g/mol. The van der Waals surface area contributed by atoms with Crippen molar-refractivity contribution in [3.05, 3.63) is 53.1 Å². The van der Waals surface area contributed by atoms with Gasteiger partial charge in [0.1, 0.15) is 0 Å². The minimum absolute atomic E-state index is 0.0989. The fraction of sp³-hybridized carbons (Fsp3) is 0.300. The summed E-state index contributed by atoms with van der Waals surface area (Å²) in [6.07, 6.45) is 0. The van der Waals surface area contributed by atoms with E-state index in [1.165, 1.54) is 0 Å². The third kappa shape index (κ3) is 3.57. The molecule has 1 aromatic heterocycles. The van der Waals surface area contributed by atoms with Gasteiger partial charge < -0.3 is 15.0 Å². The van der Waals surface area contributed by atoms with Crippen LogP contribution >= 0.6 is 11.3 Å². The van der Waals surface area contributed by atoms with Gasteiger partial charge in [0, 0.05) is 24.3 Å². The molecule has 0 atom stereocenters. The summed E-state index contributed by atoms with van der Waals surface area (Å²) >= 11 is 1.63. The molecule has 6 heteroatoms. The predicted molar refractivity (Wildman–Crippen MR) is 107 cm³/mol. The molecule has 5 nitrogen and oxygen atoms in total. The molecule has 0 unspecified atom stereocenters. The number of nitrogens with one attached hydrogen (secondary N) is 1. The van der Waals surface area contributed by atoms with Gasteiger partial charge in [0.2, 0.25) is 0 Å². The normalized spacial score (nSPS) is 14.6. The maximum absolute atomic E-state index is 12.6. The van der Waals surface area contributed by atoms with Crippen LogP contribution in [0.4, 0.5) is 10.8 Å². The highest BCUT2D eigenvalue weighted by Crippen LogP contribution is 2.30. The van der Waals surface area contributed by atoms with Crippen LogP contribution in [0.2, 0.25) is 0 Å². The number of hydrogen-bond acceptors (Lipinski definition) is 5. The number of ether oxygens (including phenoxy) is 1. The number of amides is 1. The molecule has 134 valence electrons. The van der Waals surface area contributed by atoms with E-state index in [4.69, 9.17) is 9.72 Å². The summed E-state index contributed by atoms with van der Waals surface area (Å²) < 4.78 is 6.43. The zero-order valence-electron chi connectivity index (χ0n) is 14.9. The quantitative estimate of drug-likeness (QED) is 0.760. The molecule has 1 amide bonds. The highest BCUT2D eigenvalue weighted by atomic mass is 32.1. The second kappa shape index (κ2) is 7.05. The molecule has 1 fully saturated rings. The zero-order chi connectivity index (χ0) is 18.1. The summed E-state index contributed by atoms with van der Waals surface area (Å²) in [7, 11) is 0. The largest absolute Gasteiger partial charge is 0.378 e. The first-order chi connectivity index (χ1) is 12.6. The van der Waals surface area contributed by atoms with Crippen LogP contribution in [0.3, 0.4) is 0 Å². The van der Waals surface area contributed by atoms with Gasteiger partial charge >= 0.3 is 0 Å². The molecule has 2 heterocycles. The maximum Gasteiger partial charge on any atom is 0.255 e. The van der Waals surface area contributed by atoms with Gasteiger partial charge in [-0.3, -0.25) is 4.79 Å². The number of aromatic nitrogens is 1. The van der Waals surface area contributed by atoms with Crippen LogP contribution < -0.4 is 10.2 Å². The Morgan fingerprint density at radius 2 is 1.85 bits per heavy atom. The molecule has 1 N–H and O–H groups in total. The Bertz CT molecular complexity index is 941. The van der Waals surface area contributed by atoms with Crippen LogP contribution in [-0.4, -0.2) is 37.2 Å². The molecule has 26 heavy (non-hydrogen) atoms. The molecule has 4 rings (SSSR count). The van der Waals surface area contributed by atoms with E-state index >= 15 is 0 Å². The monoisotopic (exact) mass is 367 g/mol. The van der Waals surface area contributed by atoms with E-state index in [0.717, 1.165) is 58.5 Å². The summed E-state index contributed by atoms with van der Waals surface area (Å²) in [5.74, 6) is -0.0989.